The molecule has 3 heterocycles. The zero-order valence-electron chi connectivity index (χ0n) is 12.7. The fourth-order valence-electron chi connectivity index (χ4n) is 2.58. The molecule has 124 valence electrons. The van der Waals surface area contributed by atoms with Crippen LogP contribution in [0.2, 0.25) is 0 Å². The van der Waals surface area contributed by atoms with E-state index in [-0.39, 0.29) is 6.54 Å². The predicted molar refractivity (Wildman–Crippen MR) is 81.4 cm³/mol. The third-order valence-corrected chi connectivity index (χ3v) is 3.84. The van der Waals surface area contributed by atoms with Gasteiger partial charge in [0.2, 0.25) is 0 Å². The van der Waals surface area contributed by atoms with Gasteiger partial charge in [-0.3, -0.25) is 0 Å². The van der Waals surface area contributed by atoms with Gasteiger partial charge in [-0.15, -0.1) is 0 Å². The van der Waals surface area contributed by atoms with Crippen molar-refractivity contribution < 1.29 is 13.9 Å². The number of likely N-dealkylation sites (tertiary alicyclic amines) is 1. The summed E-state index contributed by atoms with van der Waals surface area (Å²) >= 11 is 0. The van der Waals surface area contributed by atoms with Crippen molar-refractivity contribution >= 4 is 23.1 Å². The first-order valence-corrected chi connectivity index (χ1v) is 7.62. The molecule has 1 saturated heterocycles. The highest BCUT2D eigenvalue weighted by molar-refractivity contribution is 5.81. The summed E-state index contributed by atoms with van der Waals surface area (Å²) in [4.78, 5) is 25.4. The van der Waals surface area contributed by atoms with E-state index in [0.29, 0.717) is 49.5 Å². The Balaban J connectivity index is 1.41. The van der Waals surface area contributed by atoms with E-state index in [1.807, 2.05) is 4.57 Å². The van der Waals surface area contributed by atoms with Crippen molar-refractivity contribution in [1.29, 1.82) is 0 Å². The lowest BCUT2D eigenvalue weighted by atomic mass is 10.3. The van der Waals surface area contributed by atoms with E-state index in [4.69, 9.17) is 10.5 Å². The number of anilines is 1. The van der Waals surface area contributed by atoms with Gasteiger partial charge in [0.1, 0.15) is 18.0 Å². The molecule has 3 rings (SSSR count). The van der Waals surface area contributed by atoms with E-state index in [2.05, 4.69) is 15.0 Å². The molecule has 9 heteroatoms. The molecule has 8 nitrogen and oxygen atoms in total. The number of carbonyl (C=O) groups excluding carboxylic acids is 1. The van der Waals surface area contributed by atoms with E-state index < -0.39 is 12.3 Å². The van der Waals surface area contributed by atoms with Crippen LogP contribution in [-0.2, 0) is 11.3 Å². The van der Waals surface area contributed by atoms with Crippen LogP contribution in [0.3, 0.4) is 0 Å². The fraction of sp³-hybridized carbons (Fsp3) is 0.571. The maximum atomic E-state index is 13.0. The van der Waals surface area contributed by atoms with E-state index >= 15 is 0 Å². The Labute approximate surface area is 132 Å². The lowest BCUT2D eigenvalue weighted by Crippen LogP contribution is -2.29. The predicted octanol–water partition coefficient (Wildman–Crippen LogP) is 1.37. The van der Waals surface area contributed by atoms with Crippen LogP contribution in [0.25, 0.3) is 11.2 Å². The summed E-state index contributed by atoms with van der Waals surface area (Å²) < 4.78 is 20.1. The van der Waals surface area contributed by atoms with Crippen LogP contribution in [0, 0.1) is 0 Å². The molecule has 1 fully saturated rings. The van der Waals surface area contributed by atoms with Crippen molar-refractivity contribution in [2.75, 3.05) is 25.4 Å². The molecule has 2 aromatic heterocycles. The minimum atomic E-state index is -0.925. The van der Waals surface area contributed by atoms with Crippen molar-refractivity contribution in [3.05, 3.63) is 12.7 Å². The van der Waals surface area contributed by atoms with E-state index in [9.17, 15) is 9.18 Å². The number of aromatic nitrogens is 4. The summed E-state index contributed by atoms with van der Waals surface area (Å²) in [5.74, 6) is 0.361. The van der Waals surface area contributed by atoms with Gasteiger partial charge in [0.15, 0.2) is 11.5 Å². The quantitative estimate of drug-likeness (QED) is 0.835. The number of amides is 1. The lowest BCUT2D eigenvalue weighted by molar-refractivity contribution is 0.106. The smallest absolute Gasteiger partial charge is 0.409 e. The van der Waals surface area contributed by atoms with Crippen LogP contribution >= 0.6 is 0 Å². The van der Waals surface area contributed by atoms with Crippen LogP contribution in [0.4, 0.5) is 15.0 Å². The highest BCUT2D eigenvalue weighted by atomic mass is 19.1. The first-order valence-electron chi connectivity index (χ1n) is 7.62. The van der Waals surface area contributed by atoms with Gasteiger partial charge in [-0.25, -0.2) is 24.1 Å². The third kappa shape index (κ3) is 3.49. The van der Waals surface area contributed by atoms with Gasteiger partial charge in [-0.05, 0) is 19.3 Å². The normalized spacial score (nSPS) is 17.8. The van der Waals surface area contributed by atoms with Gasteiger partial charge in [0.05, 0.1) is 19.5 Å². The highest BCUT2D eigenvalue weighted by Gasteiger charge is 2.26. The van der Waals surface area contributed by atoms with Gasteiger partial charge >= 0.3 is 6.09 Å². The first-order chi connectivity index (χ1) is 11.1. The maximum absolute atomic E-state index is 13.0. The van der Waals surface area contributed by atoms with Crippen LogP contribution in [-0.4, -0.2) is 56.4 Å². The Hall–Kier alpha value is -2.45. The van der Waals surface area contributed by atoms with E-state index in [1.165, 1.54) is 11.2 Å². The molecule has 0 aromatic carbocycles. The van der Waals surface area contributed by atoms with Crippen molar-refractivity contribution in [3.63, 3.8) is 0 Å². The maximum Gasteiger partial charge on any atom is 0.409 e. The number of ether oxygens (including phenoxy) is 1. The van der Waals surface area contributed by atoms with Gasteiger partial charge in [0, 0.05) is 13.1 Å². The molecular formula is C14H19FN6O2. The molecule has 0 radical (unpaired) electrons. The second kappa shape index (κ2) is 6.76. The number of nitrogen functional groups attached to an aromatic ring is 1. The lowest BCUT2D eigenvalue weighted by Gasteiger charge is -2.15. The molecule has 1 aliphatic heterocycles. The minimum Gasteiger partial charge on any atom is -0.449 e. The molecule has 0 spiro atoms. The molecule has 23 heavy (non-hydrogen) atoms. The number of rotatable bonds is 5. The third-order valence-electron chi connectivity index (χ3n) is 3.84. The minimum absolute atomic E-state index is 0.140. The number of nitrogens with two attached hydrogens (primary N) is 1. The summed E-state index contributed by atoms with van der Waals surface area (Å²) in [7, 11) is 0. The van der Waals surface area contributed by atoms with Gasteiger partial charge in [-0.2, -0.15) is 0 Å². The molecule has 1 aliphatic rings. The largest absolute Gasteiger partial charge is 0.449 e. The number of aryl methyl sites for hydroxylation is 1. The zero-order chi connectivity index (χ0) is 16.2. The molecule has 1 atom stereocenters. The standard InChI is InChI=1S/C14H19FN6O2/c15-10-3-5-20(7-10)14(22)23-6-2-1-4-21-9-19-11-12(16)17-8-18-13(11)21/h8-10H,1-7H2,(H2,16,17,18)/t10-/m1/s1. The second-order valence-electron chi connectivity index (χ2n) is 5.52. The summed E-state index contributed by atoms with van der Waals surface area (Å²) in [6, 6.07) is 0. The average molecular weight is 322 g/mol. The fourth-order valence-corrected chi connectivity index (χ4v) is 2.58. The van der Waals surface area contributed by atoms with Crippen LogP contribution in [0.5, 0.6) is 0 Å². The summed E-state index contributed by atoms with van der Waals surface area (Å²) in [6.45, 7) is 1.58. The number of unbranched alkanes of at least 4 members (excludes halogenated alkanes) is 1. The van der Waals surface area contributed by atoms with E-state index in [1.54, 1.807) is 6.33 Å². The molecular weight excluding hydrogens is 303 g/mol. The number of nitrogens with zero attached hydrogens (tertiary/aromatic N) is 5. The summed E-state index contributed by atoms with van der Waals surface area (Å²) in [6.07, 6.45) is 3.63. The number of hydrogen-bond donors (Lipinski definition) is 1. The Kier molecular flexibility index (Phi) is 4.54. The number of alkyl halides is 1. The number of carbonyl (C=O) groups is 1. The van der Waals surface area contributed by atoms with Crippen LogP contribution < -0.4 is 5.73 Å². The van der Waals surface area contributed by atoms with Gasteiger partial charge in [-0.1, -0.05) is 0 Å². The molecule has 0 bridgehead atoms. The van der Waals surface area contributed by atoms with Crippen molar-refractivity contribution in [1.82, 2.24) is 24.4 Å². The number of fused-ring (bicyclic) bond motifs is 1. The van der Waals surface area contributed by atoms with Crippen LogP contribution in [0.1, 0.15) is 19.3 Å². The molecule has 1 amide bonds. The summed E-state index contributed by atoms with van der Waals surface area (Å²) in [5.41, 5.74) is 7.02. The molecule has 2 N–H and O–H groups in total. The highest BCUT2D eigenvalue weighted by Crippen LogP contribution is 2.15. The first kappa shape index (κ1) is 15.4. The topological polar surface area (TPSA) is 99.2 Å². The SMILES string of the molecule is Nc1ncnc2c1ncn2CCCCOC(=O)N1CC[C@@H](F)C1. The van der Waals surface area contributed by atoms with Gasteiger partial charge in [0.25, 0.3) is 0 Å². The zero-order valence-corrected chi connectivity index (χ0v) is 12.7. The van der Waals surface area contributed by atoms with Crippen molar-refractivity contribution in [3.8, 4) is 0 Å². The average Bonchev–Trinajstić information content (AvgIpc) is 3.14. The van der Waals surface area contributed by atoms with E-state index in [0.717, 1.165) is 6.42 Å². The number of imidazole rings is 1. The molecule has 0 aliphatic carbocycles. The summed E-state index contributed by atoms with van der Waals surface area (Å²) in [5, 5.41) is 0. The number of halogens is 1. The molecule has 2 aromatic rings. The Morgan fingerprint density at radius 2 is 2.26 bits per heavy atom. The Bertz CT molecular complexity index is 691. The molecule has 0 saturated carbocycles. The number of hydrogen-bond acceptors (Lipinski definition) is 6. The monoisotopic (exact) mass is 322 g/mol. The van der Waals surface area contributed by atoms with Crippen LogP contribution in [0.15, 0.2) is 12.7 Å². The second-order valence-corrected chi connectivity index (χ2v) is 5.52. The Morgan fingerprint density at radius 1 is 1.39 bits per heavy atom. The van der Waals surface area contributed by atoms with Crippen molar-refractivity contribution in [2.24, 2.45) is 0 Å². The Morgan fingerprint density at radius 3 is 3.04 bits per heavy atom. The van der Waals surface area contributed by atoms with Gasteiger partial charge < -0.3 is 19.9 Å². The molecule has 0 unspecified atom stereocenters. The van der Waals surface area contributed by atoms with Crippen molar-refractivity contribution in [2.45, 2.75) is 32.0 Å².